The second-order valence-electron chi connectivity index (χ2n) is 5.40. The predicted octanol–water partition coefficient (Wildman–Crippen LogP) is 2.41. The SMILES string of the molecule is CN=C(NCCCN(C)c1ccccc1F)NCc1ccccn1. The number of aliphatic imine (C=N–C) groups is 1. The number of pyridine rings is 1. The molecule has 128 valence electrons. The molecule has 0 saturated carbocycles. The molecule has 0 atom stereocenters. The average molecular weight is 329 g/mol. The van der Waals surface area contributed by atoms with E-state index in [1.54, 1.807) is 25.4 Å². The van der Waals surface area contributed by atoms with Crippen molar-refractivity contribution in [2.24, 2.45) is 4.99 Å². The van der Waals surface area contributed by atoms with Crippen LogP contribution in [0.2, 0.25) is 0 Å². The molecule has 0 aliphatic carbocycles. The summed E-state index contributed by atoms with van der Waals surface area (Å²) >= 11 is 0. The Morgan fingerprint density at radius 3 is 2.67 bits per heavy atom. The normalized spacial score (nSPS) is 11.2. The topological polar surface area (TPSA) is 52.6 Å². The Morgan fingerprint density at radius 2 is 1.96 bits per heavy atom. The Balaban J connectivity index is 1.69. The molecule has 0 fully saturated rings. The molecular weight excluding hydrogens is 305 g/mol. The highest BCUT2D eigenvalue weighted by Gasteiger charge is 2.06. The molecule has 0 aliphatic heterocycles. The largest absolute Gasteiger partial charge is 0.372 e. The molecule has 0 aliphatic rings. The van der Waals surface area contributed by atoms with Crippen molar-refractivity contribution in [1.29, 1.82) is 0 Å². The first kappa shape index (κ1) is 17.7. The van der Waals surface area contributed by atoms with Crippen molar-refractivity contribution < 1.29 is 4.39 Å². The third-order valence-electron chi connectivity index (χ3n) is 3.61. The number of rotatable bonds is 7. The number of anilines is 1. The minimum Gasteiger partial charge on any atom is -0.372 e. The van der Waals surface area contributed by atoms with E-state index in [0.29, 0.717) is 12.2 Å². The zero-order chi connectivity index (χ0) is 17.2. The van der Waals surface area contributed by atoms with Crippen LogP contribution in [-0.4, -0.2) is 38.1 Å². The maximum absolute atomic E-state index is 13.7. The number of hydrogen-bond donors (Lipinski definition) is 2. The average Bonchev–Trinajstić information content (AvgIpc) is 2.62. The number of guanidine groups is 1. The summed E-state index contributed by atoms with van der Waals surface area (Å²) in [5.41, 5.74) is 1.58. The Labute approximate surface area is 142 Å². The molecule has 1 aromatic heterocycles. The molecule has 2 N–H and O–H groups in total. The van der Waals surface area contributed by atoms with Crippen molar-refractivity contribution in [3.8, 4) is 0 Å². The second kappa shape index (κ2) is 9.50. The van der Waals surface area contributed by atoms with Crippen LogP contribution in [0.4, 0.5) is 10.1 Å². The van der Waals surface area contributed by atoms with Gasteiger partial charge in [0, 0.05) is 33.4 Å². The van der Waals surface area contributed by atoms with Crippen molar-refractivity contribution in [2.75, 3.05) is 32.1 Å². The van der Waals surface area contributed by atoms with Gasteiger partial charge in [-0.05, 0) is 30.7 Å². The van der Waals surface area contributed by atoms with E-state index in [-0.39, 0.29) is 5.82 Å². The molecule has 0 unspecified atom stereocenters. The van der Waals surface area contributed by atoms with Gasteiger partial charge >= 0.3 is 0 Å². The van der Waals surface area contributed by atoms with Crippen molar-refractivity contribution in [3.05, 3.63) is 60.2 Å². The van der Waals surface area contributed by atoms with Crippen LogP contribution in [0.5, 0.6) is 0 Å². The van der Waals surface area contributed by atoms with E-state index in [9.17, 15) is 4.39 Å². The Bertz CT molecular complexity index is 645. The van der Waals surface area contributed by atoms with Crippen molar-refractivity contribution in [2.45, 2.75) is 13.0 Å². The summed E-state index contributed by atoms with van der Waals surface area (Å²) in [6.07, 6.45) is 2.64. The van der Waals surface area contributed by atoms with Gasteiger partial charge in [-0.25, -0.2) is 4.39 Å². The van der Waals surface area contributed by atoms with Gasteiger partial charge in [-0.2, -0.15) is 0 Å². The van der Waals surface area contributed by atoms with Gasteiger partial charge < -0.3 is 15.5 Å². The zero-order valence-corrected chi connectivity index (χ0v) is 14.2. The molecule has 0 bridgehead atoms. The van der Waals surface area contributed by atoms with E-state index in [0.717, 1.165) is 31.2 Å². The molecule has 0 saturated heterocycles. The number of para-hydroxylation sites is 1. The molecule has 2 aromatic rings. The summed E-state index contributed by atoms with van der Waals surface area (Å²) in [4.78, 5) is 10.4. The van der Waals surface area contributed by atoms with Crippen LogP contribution in [0.1, 0.15) is 12.1 Å². The molecule has 0 radical (unpaired) electrons. The maximum atomic E-state index is 13.7. The minimum absolute atomic E-state index is 0.194. The molecule has 1 aromatic carbocycles. The molecule has 24 heavy (non-hydrogen) atoms. The molecule has 2 rings (SSSR count). The lowest BCUT2D eigenvalue weighted by Crippen LogP contribution is -2.38. The van der Waals surface area contributed by atoms with Crippen LogP contribution in [-0.2, 0) is 6.54 Å². The fourth-order valence-electron chi connectivity index (χ4n) is 2.30. The van der Waals surface area contributed by atoms with E-state index in [1.807, 2.05) is 36.2 Å². The molecule has 0 amide bonds. The zero-order valence-electron chi connectivity index (χ0n) is 14.2. The summed E-state index contributed by atoms with van der Waals surface area (Å²) in [6.45, 7) is 2.13. The molecule has 0 spiro atoms. The van der Waals surface area contributed by atoms with Gasteiger partial charge in [0.2, 0.25) is 0 Å². The maximum Gasteiger partial charge on any atom is 0.191 e. The lowest BCUT2D eigenvalue weighted by Gasteiger charge is -2.20. The number of hydrogen-bond acceptors (Lipinski definition) is 3. The van der Waals surface area contributed by atoms with Gasteiger partial charge in [-0.15, -0.1) is 0 Å². The van der Waals surface area contributed by atoms with Crippen LogP contribution in [0.25, 0.3) is 0 Å². The highest BCUT2D eigenvalue weighted by Crippen LogP contribution is 2.16. The second-order valence-corrected chi connectivity index (χ2v) is 5.40. The monoisotopic (exact) mass is 329 g/mol. The fourth-order valence-corrected chi connectivity index (χ4v) is 2.30. The van der Waals surface area contributed by atoms with E-state index >= 15 is 0 Å². The van der Waals surface area contributed by atoms with Gasteiger partial charge in [-0.3, -0.25) is 9.98 Å². The van der Waals surface area contributed by atoms with E-state index in [1.165, 1.54) is 6.07 Å². The number of benzene rings is 1. The molecule has 1 heterocycles. The van der Waals surface area contributed by atoms with Crippen molar-refractivity contribution in [3.63, 3.8) is 0 Å². The summed E-state index contributed by atoms with van der Waals surface area (Å²) in [5, 5.41) is 6.47. The summed E-state index contributed by atoms with van der Waals surface area (Å²) in [5.74, 6) is 0.537. The van der Waals surface area contributed by atoms with Crippen LogP contribution in [0, 0.1) is 5.82 Å². The van der Waals surface area contributed by atoms with Crippen LogP contribution < -0.4 is 15.5 Å². The molecular formula is C18H24FN5. The third-order valence-corrected chi connectivity index (χ3v) is 3.61. The predicted molar refractivity (Wildman–Crippen MR) is 96.7 cm³/mol. The van der Waals surface area contributed by atoms with Crippen molar-refractivity contribution >= 4 is 11.6 Å². The van der Waals surface area contributed by atoms with Crippen molar-refractivity contribution in [1.82, 2.24) is 15.6 Å². The number of aromatic nitrogens is 1. The Morgan fingerprint density at radius 1 is 1.17 bits per heavy atom. The van der Waals surface area contributed by atoms with Gasteiger partial charge in [0.05, 0.1) is 17.9 Å². The number of halogens is 1. The number of nitrogens with one attached hydrogen (secondary N) is 2. The summed E-state index contributed by atoms with van der Waals surface area (Å²) in [7, 11) is 3.63. The van der Waals surface area contributed by atoms with Gasteiger partial charge in [0.25, 0.3) is 0 Å². The quantitative estimate of drug-likeness (QED) is 0.465. The Hall–Kier alpha value is -2.63. The van der Waals surface area contributed by atoms with Gasteiger partial charge in [0.1, 0.15) is 5.82 Å². The van der Waals surface area contributed by atoms with E-state index < -0.39 is 0 Å². The number of nitrogens with zero attached hydrogens (tertiary/aromatic N) is 3. The first-order valence-corrected chi connectivity index (χ1v) is 8.01. The smallest absolute Gasteiger partial charge is 0.191 e. The minimum atomic E-state index is -0.194. The molecule has 5 nitrogen and oxygen atoms in total. The van der Waals surface area contributed by atoms with Gasteiger partial charge in [-0.1, -0.05) is 18.2 Å². The highest BCUT2D eigenvalue weighted by atomic mass is 19.1. The third kappa shape index (κ3) is 5.53. The first-order chi connectivity index (χ1) is 11.7. The summed E-state index contributed by atoms with van der Waals surface area (Å²) in [6, 6.07) is 12.6. The summed E-state index contributed by atoms with van der Waals surface area (Å²) < 4.78 is 13.7. The van der Waals surface area contributed by atoms with E-state index in [4.69, 9.17) is 0 Å². The van der Waals surface area contributed by atoms with Crippen LogP contribution >= 0.6 is 0 Å². The lowest BCUT2D eigenvalue weighted by molar-refractivity contribution is 0.619. The Kier molecular flexibility index (Phi) is 7.01. The first-order valence-electron chi connectivity index (χ1n) is 8.01. The highest BCUT2D eigenvalue weighted by molar-refractivity contribution is 5.79. The van der Waals surface area contributed by atoms with E-state index in [2.05, 4.69) is 20.6 Å². The van der Waals surface area contributed by atoms with Crippen LogP contribution in [0.3, 0.4) is 0 Å². The van der Waals surface area contributed by atoms with Gasteiger partial charge in [0.15, 0.2) is 5.96 Å². The standard InChI is InChI=1S/C18H24FN5/c1-20-18(23-14-15-8-5-6-11-21-15)22-12-7-13-24(2)17-10-4-3-9-16(17)19/h3-6,8-11H,7,12-14H2,1-2H3,(H2,20,22,23). The fraction of sp³-hybridized carbons (Fsp3) is 0.333. The van der Waals surface area contributed by atoms with Crippen LogP contribution in [0.15, 0.2) is 53.7 Å². The lowest BCUT2D eigenvalue weighted by atomic mass is 10.2. The molecule has 6 heteroatoms.